The number of nitrogens with zero attached hydrogens (tertiary/aromatic N) is 3. The van der Waals surface area contributed by atoms with Gasteiger partial charge in [0.05, 0.1) is 0 Å². The fourth-order valence-corrected chi connectivity index (χ4v) is 2.55. The minimum absolute atomic E-state index is 0.0276. The molecule has 1 heterocycles. The van der Waals surface area contributed by atoms with E-state index >= 15 is 0 Å². The molecule has 5 heteroatoms. The first-order valence-electron chi connectivity index (χ1n) is 6.19. The second kappa shape index (κ2) is 4.85. The van der Waals surface area contributed by atoms with Crippen molar-refractivity contribution in [1.82, 2.24) is 14.8 Å². The SMILES string of the molecule is Cc1nnc(C2CCC(C)CC2)n1CC(=O)O. The maximum atomic E-state index is 10.8. The Hall–Kier alpha value is -1.39. The molecule has 0 amide bonds. The van der Waals surface area contributed by atoms with Gasteiger partial charge in [0.1, 0.15) is 18.2 Å². The zero-order valence-electron chi connectivity index (χ0n) is 10.4. The third-order valence-electron chi connectivity index (χ3n) is 3.64. The van der Waals surface area contributed by atoms with Crippen LogP contribution in [0.5, 0.6) is 0 Å². The van der Waals surface area contributed by atoms with Crippen LogP contribution in [0.25, 0.3) is 0 Å². The molecule has 5 nitrogen and oxygen atoms in total. The molecule has 0 spiro atoms. The molecule has 0 radical (unpaired) electrons. The van der Waals surface area contributed by atoms with E-state index in [1.807, 2.05) is 6.92 Å². The summed E-state index contributed by atoms with van der Waals surface area (Å²) in [5.41, 5.74) is 0. The third kappa shape index (κ3) is 2.65. The number of rotatable bonds is 3. The number of carboxylic acids is 1. The molecule has 0 aromatic carbocycles. The summed E-state index contributed by atoms with van der Waals surface area (Å²) >= 11 is 0. The molecule has 1 aromatic rings. The number of carboxylic acid groups (broad SMARTS) is 1. The Morgan fingerprint density at radius 2 is 2.00 bits per heavy atom. The van der Waals surface area contributed by atoms with E-state index in [4.69, 9.17) is 5.11 Å². The highest BCUT2D eigenvalue weighted by atomic mass is 16.4. The second-order valence-electron chi connectivity index (χ2n) is 5.04. The number of hydrogen-bond acceptors (Lipinski definition) is 3. The van der Waals surface area contributed by atoms with E-state index in [9.17, 15) is 4.79 Å². The Kier molecular flexibility index (Phi) is 3.45. The summed E-state index contributed by atoms with van der Waals surface area (Å²) in [6.45, 7) is 4.05. The minimum Gasteiger partial charge on any atom is -0.480 e. The van der Waals surface area contributed by atoms with Crippen molar-refractivity contribution in [2.24, 2.45) is 5.92 Å². The Balaban J connectivity index is 2.17. The summed E-state index contributed by atoms with van der Waals surface area (Å²) in [6, 6.07) is 0. The highest BCUT2D eigenvalue weighted by molar-refractivity contribution is 5.66. The van der Waals surface area contributed by atoms with Crippen LogP contribution in [0.15, 0.2) is 0 Å². The standard InChI is InChI=1S/C12H19N3O2/c1-8-3-5-10(6-4-8)12-14-13-9(2)15(12)7-11(16)17/h8,10H,3-7H2,1-2H3,(H,16,17). The van der Waals surface area contributed by atoms with Crippen LogP contribution in [0.2, 0.25) is 0 Å². The Morgan fingerprint density at radius 3 is 2.59 bits per heavy atom. The molecule has 1 saturated carbocycles. The molecular formula is C12H19N3O2. The maximum absolute atomic E-state index is 10.8. The first-order valence-corrected chi connectivity index (χ1v) is 6.19. The van der Waals surface area contributed by atoms with Gasteiger partial charge < -0.3 is 9.67 Å². The van der Waals surface area contributed by atoms with Gasteiger partial charge in [-0.3, -0.25) is 4.79 Å². The lowest BCUT2D eigenvalue weighted by Crippen LogP contribution is -2.19. The van der Waals surface area contributed by atoms with E-state index in [2.05, 4.69) is 17.1 Å². The largest absolute Gasteiger partial charge is 0.480 e. The predicted molar refractivity (Wildman–Crippen MR) is 62.8 cm³/mol. The molecule has 0 saturated heterocycles. The average molecular weight is 237 g/mol. The second-order valence-corrected chi connectivity index (χ2v) is 5.04. The number of aryl methyl sites for hydroxylation is 1. The summed E-state index contributed by atoms with van der Waals surface area (Å²) in [7, 11) is 0. The quantitative estimate of drug-likeness (QED) is 0.872. The molecule has 1 aliphatic rings. The first kappa shape index (κ1) is 12.1. The molecule has 1 aliphatic carbocycles. The summed E-state index contributed by atoms with van der Waals surface area (Å²) in [5, 5.41) is 17.1. The molecule has 17 heavy (non-hydrogen) atoms. The normalized spacial score (nSPS) is 24.8. The molecule has 0 atom stereocenters. The van der Waals surface area contributed by atoms with E-state index in [1.165, 1.54) is 12.8 Å². The highest BCUT2D eigenvalue weighted by Gasteiger charge is 2.25. The van der Waals surface area contributed by atoms with Gasteiger partial charge in [-0.2, -0.15) is 0 Å². The van der Waals surface area contributed by atoms with Crippen molar-refractivity contribution >= 4 is 5.97 Å². The van der Waals surface area contributed by atoms with Gasteiger partial charge in [-0.05, 0) is 25.7 Å². The van der Waals surface area contributed by atoms with Crippen LogP contribution >= 0.6 is 0 Å². The lowest BCUT2D eigenvalue weighted by Gasteiger charge is -2.25. The van der Waals surface area contributed by atoms with Crippen LogP contribution in [0.4, 0.5) is 0 Å². The molecule has 0 bridgehead atoms. The zero-order chi connectivity index (χ0) is 12.4. The van der Waals surface area contributed by atoms with Crippen LogP contribution in [0.3, 0.4) is 0 Å². The Labute approximate surface area is 101 Å². The molecule has 0 aliphatic heterocycles. The van der Waals surface area contributed by atoms with Crippen LogP contribution in [0.1, 0.15) is 50.2 Å². The molecule has 0 unspecified atom stereocenters. The zero-order valence-corrected chi connectivity index (χ0v) is 10.4. The maximum Gasteiger partial charge on any atom is 0.323 e. The monoisotopic (exact) mass is 237 g/mol. The van der Waals surface area contributed by atoms with E-state index in [0.29, 0.717) is 11.7 Å². The molecule has 2 rings (SSSR count). The van der Waals surface area contributed by atoms with Gasteiger partial charge in [0.25, 0.3) is 0 Å². The summed E-state index contributed by atoms with van der Waals surface area (Å²) in [4.78, 5) is 10.8. The van der Waals surface area contributed by atoms with Gasteiger partial charge in [0.2, 0.25) is 0 Å². The summed E-state index contributed by atoms with van der Waals surface area (Å²) < 4.78 is 1.74. The van der Waals surface area contributed by atoms with Crippen molar-refractivity contribution in [3.8, 4) is 0 Å². The molecule has 1 N–H and O–H groups in total. The van der Waals surface area contributed by atoms with E-state index < -0.39 is 5.97 Å². The van der Waals surface area contributed by atoms with Crippen molar-refractivity contribution in [3.05, 3.63) is 11.6 Å². The van der Waals surface area contributed by atoms with Gasteiger partial charge in [0.15, 0.2) is 0 Å². The Morgan fingerprint density at radius 1 is 1.35 bits per heavy atom. The number of carbonyl (C=O) groups is 1. The van der Waals surface area contributed by atoms with Crippen molar-refractivity contribution in [2.75, 3.05) is 0 Å². The van der Waals surface area contributed by atoms with Crippen LogP contribution < -0.4 is 0 Å². The van der Waals surface area contributed by atoms with Gasteiger partial charge in [0, 0.05) is 5.92 Å². The van der Waals surface area contributed by atoms with Gasteiger partial charge in [-0.25, -0.2) is 0 Å². The van der Waals surface area contributed by atoms with Crippen LogP contribution in [-0.2, 0) is 11.3 Å². The summed E-state index contributed by atoms with van der Waals surface area (Å²) in [5.74, 6) is 1.88. The van der Waals surface area contributed by atoms with Gasteiger partial charge >= 0.3 is 5.97 Å². The molecule has 1 aromatic heterocycles. The smallest absolute Gasteiger partial charge is 0.323 e. The lowest BCUT2D eigenvalue weighted by molar-refractivity contribution is -0.137. The number of hydrogen-bond donors (Lipinski definition) is 1. The van der Waals surface area contributed by atoms with Crippen molar-refractivity contribution in [1.29, 1.82) is 0 Å². The van der Waals surface area contributed by atoms with Gasteiger partial charge in [-0.15, -0.1) is 10.2 Å². The van der Waals surface area contributed by atoms with Crippen molar-refractivity contribution in [3.63, 3.8) is 0 Å². The number of aliphatic carboxylic acids is 1. The van der Waals surface area contributed by atoms with Gasteiger partial charge in [-0.1, -0.05) is 19.8 Å². The fourth-order valence-electron chi connectivity index (χ4n) is 2.55. The Bertz CT molecular complexity index is 406. The third-order valence-corrected chi connectivity index (χ3v) is 3.64. The molecule has 1 fully saturated rings. The molecule has 94 valence electrons. The lowest BCUT2D eigenvalue weighted by atomic mass is 9.82. The van der Waals surface area contributed by atoms with E-state index in [0.717, 1.165) is 24.6 Å². The summed E-state index contributed by atoms with van der Waals surface area (Å²) in [6.07, 6.45) is 4.59. The first-order chi connectivity index (χ1) is 8.08. The topological polar surface area (TPSA) is 68.0 Å². The minimum atomic E-state index is -0.835. The fraction of sp³-hybridized carbons (Fsp3) is 0.750. The van der Waals surface area contributed by atoms with Crippen LogP contribution in [0, 0.1) is 12.8 Å². The average Bonchev–Trinajstić information content (AvgIpc) is 2.61. The van der Waals surface area contributed by atoms with E-state index in [1.54, 1.807) is 4.57 Å². The van der Waals surface area contributed by atoms with E-state index in [-0.39, 0.29) is 6.54 Å². The van der Waals surface area contributed by atoms with Crippen LogP contribution in [-0.4, -0.2) is 25.8 Å². The van der Waals surface area contributed by atoms with Crippen molar-refractivity contribution < 1.29 is 9.90 Å². The number of aromatic nitrogens is 3. The van der Waals surface area contributed by atoms with Crippen molar-refractivity contribution in [2.45, 2.75) is 52.0 Å². The predicted octanol–water partition coefficient (Wildman–Crippen LogP) is 1.96. The molecular weight excluding hydrogens is 218 g/mol. The highest BCUT2D eigenvalue weighted by Crippen LogP contribution is 2.34.